The van der Waals surface area contributed by atoms with Crippen LogP contribution in [-0.4, -0.2) is 78.9 Å². The van der Waals surface area contributed by atoms with E-state index < -0.39 is 0 Å². The van der Waals surface area contributed by atoms with Crippen molar-refractivity contribution in [2.24, 2.45) is 5.41 Å². The molecule has 1 spiro atoms. The molecule has 0 amide bonds. The standard InChI is InChI=1S/C32H42N4O2S/c1-23-25(7-3-9-27(23)31-34-28-11-15-35(16-17-37)19-30(28)39-31)26-8-4-10-29(24(26)2)38-18-6-14-36-13-5-12-32(22-36)20-33-21-32/h3-4,7-10,33,37H,5-6,11-22H2,1-2H3. The molecule has 208 valence electrons. The lowest BCUT2D eigenvalue weighted by molar-refractivity contribution is 0.0392. The predicted octanol–water partition coefficient (Wildman–Crippen LogP) is 4.90. The number of ether oxygens (including phenoxy) is 1. The maximum absolute atomic E-state index is 9.34. The first kappa shape index (κ1) is 26.9. The molecule has 2 N–H and O–H groups in total. The molecule has 39 heavy (non-hydrogen) atoms. The average Bonchev–Trinajstić information content (AvgIpc) is 3.35. The second-order valence-electron chi connectivity index (χ2n) is 11.7. The van der Waals surface area contributed by atoms with E-state index in [4.69, 9.17) is 9.72 Å². The molecule has 0 atom stereocenters. The zero-order valence-corrected chi connectivity index (χ0v) is 24.3. The van der Waals surface area contributed by atoms with Crippen LogP contribution in [0.5, 0.6) is 5.75 Å². The monoisotopic (exact) mass is 546 g/mol. The van der Waals surface area contributed by atoms with Crippen LogP contribution in [0.4, 0.5) is 0 Å². The normalized spacial score (nSPS) is 19.2. The van der Waals surface area contributed by atoms with Crippen LogP contribution in [0.2, 0.25) is 0 Å². The van der Waals surface area contributed by atoms with Gasteiger partial charge in [0.15, 0.2) is 0 Å². The number of likely N-dealkylation sites (tertiary alicyclic amines) is 1. The first-order valence-corrected chi connectivity index (χ1v) is 15.4. The lowest BCUT2D eigenvalue weighted by atomic mass is 9.75. The summed E-state index contributed by atoms with van der Waals surface area (Å²) in [6.07, 6.45) is 4.73. The molecule has 0 aliphatic carbocycles. The van der Waals surface area contributed by atoms with Crippen molar-refractivity contribution >= 4 is 11.3 Å². The van der Waals surface area contributed by atoms with Crippen LogP contribution in [0.1, 0.15) is 41.0 Å². The SMILES string of the molecule is Cc1c(OCCCN2CCCC3(CNC3)C2)cccc1-c1cccc(-c2nc3c(s2)CN(CCO)CC3)c1C. The Morgan fingerprint density at radius 3 is 2.59 bits per heavy atom. The number of thiazole rings is 1. The number of aliphatic hydroxyl groups excluding tert-OH is 1. The van der Waals surface area contributed by atoms with Gasteiger partial charge in [-0.05, 0) is 68.0 Å². The second-order valence-corrected chi connectivity index (χ2v) is 12.8. The number of piperidine rings is 1. The molecule has 2 aromatic carbocycles. The molecule has 7 heteroatoms. The summed E-state index contributed by atoms with van der Waals surface area (Å²) >= 11 is 1.81. The fourth-order valence-electron chi connectivity index (χ4n) is 6.66. The van der Waals surface area contributed by atoms with Crippen LogP contribution >= 0.6 is 11.3 Å². The van der Waals surface area contributed by atoms with Crippen molar-refractivity contribution in [3.63, 3.8) is 0 Å². The molecular formula is C32H42N4O2S. The van der Waals surface area contributed by atoms with Gasteiger partial charge in [-0.15, -0.1) is 11.3 Å². The van der Waals surface area contributed by atoms with Crippen molar-refractivity contribution in [1.82, 2.24) is 20.1 Å². The molecule has 4 heterocycles. The Labute approximate surface area is 237 Å². The summed E-state index contributed by atoms with van der Waals surface area (Å²) < 4.78 is 6.35. The summed E-state index contributed by atoms with van der Waals surface area (Å²) in [5, 5.41) is 13.9. The Hall–Kier alpha value is -2.29. The van der Waals surface area contributed by atoms with E-state index in [-0.39, 0.29) is 6.61 Å². The summed E-state index contributed by atoms with van der Waals surface area (Å²) in [6.45, 7) is 13.9. The van der Waals surface area contributed by atoms with Gasteiger partial charge in [0.2, 0.25) is 0 Å². The molecular weight excluding hydrogens is 504 g/mol. The fourth-order valence-corrected chi connectivity index (χ4v) is 7.89. The quantitative estimate of drug-likeness (QED) is 0.373. The Bertz CT molecular complexity index is 1300. The Kier molecular flexibility index (Phi) is 8.05. The molecule has 0 unspecified atom stereocenters. The van der Waals surface area contributed by atoms with Crippen molar-refractivity contribution in [2.45, 2.75) is 46.1 Å². The first-order chi connectivity index (χ1) is 19.0. The van der Waals surface area contributed by atoms with Gasteiger partial charge in [0, 0.05) is 68.1 Å². The number of fused-ring (bicyclic) bond motifs is 1. The lowest BCUT2D eigenvalue weighted by Gasteiger charge is -2.49. The zero-order chi connectivity index (χ0) is 26.8. The van der Waals surface area contributed by atoms with E-state index in [0.29, 0.717) is 5.41 Å². The Morgan fingerprint density at radius 1 is 1.00 bits per heavy atom. The first-order valence-electron chi connectivity index (χ1n) is 14.6. The minimum Gasteiger partial charge on any atom is -0.493 e. The maximum Gasteiger partial charge on any atom is 0.124 e. The number of hydrogen-bond donors (Lipinski definition) is 2. The van der Waals surface area contributed by atoms with Crippen molar-refractivity contribution in [3.05, 3.63) is 58.1 Å². The number of rotatable bonds is 9. The highest BCUT2D eigenvalue weighted by Crippen LogP contribution is 2.39. The van der Waals surface area contributed by atoms with Crippen LogP contribution in [0, 0.1) is 19.3 Å². The summed E-state index contributed by atoms with van der Waals surface area (Å²) in [5.41, 5.74) is 7.94. The van der Waals surface area contributed by atoms with Crippen LogP contribution in [0.15, 0.2) is 36.4 Å². The fraction of sp³-hybridized carbons (Fsp3) is 0.531. The molecule has 3 aromatic rings. The third-order valence-corrected chi connectivity index (χ3v) is 10.1. The van der Waals surface area contributed by atoms with Crippen LogP contribution in [0.3, 0.4) is 0 Å². The molecule has 0 saturated carbocycles. The third-order valence-electron chi connectivity index (χ3n) is 8.98. The number of hydrogen-bond acceptors (Lipinski definition) is 7. The summed E-state index contributed by atoms with van der Waals surface area (Å²) in [4.78, 5) is 11.4. The largest absolute Gasteiger partial charge is 0.493 e. The molecule has 3 aliphatic heterocycles. The molecule has 1 aromatic heterocycles. The van der Waals surface area contributed by atoms with E-state index in [9.17, 15) is 5.11 Å². The molecule has 0 radical (unpaired) electrons. The molecule has 6 rings (SSSR count). The summed E-state index contributed by atoms with van der Waals surface area (Å²) in [6, 6.07) is 13.0. The second kappa shape index (κ2) is 11.7. The van der Waals surface area contributed by atoms with Gasteiger partial charge >= 0.3 is 0 Å². The molecule has 2 fully saturated rings. The summed E-state index contributed by atoms with van der Waals surface area (Å²) in [5.74, 6) is 0.990. The van der Waals surface area contributed by atoms with E-state index in [1.54, 1.807) is 0 Å². The minimum atomic E-state index is 0.210. The Morgan fingerprint density at radius 2 is 1.79 bits per heavy atom. The molecule has 6 nitrogen and oxygen atoms in total. The Balaban J connectivity index is 1.13. The van der Waals surface area contributed by atoms with Crippen LogP contribution < -0.4 is 10.1 Å². The van der Waals surface area contributed by atoms with Crippen molar-refractivity contribution in [2.75, 3.05) is 59.0 Å². The number of β-amino-alcohol motifs (C(OH)–C–C–N with tert-alkyl or cyclic N) is 1. The highest BCUT2D eigenvalue weighted by molar-refractivity contribution is 7.15. The zero-order valence-electron chi connectivity index (χ0n) is 23.5. The molecule has 2 saturated heterocycles. The highest BCUT2D eigenvalue weighted by Gasteiger charge is 2.40. The summed E-state index contributed by atoms with van der Waals surface area (Å²) in [7, 11) is 0. The average molecular weight is 547 g/mol. The van der Waals surface area contributed by atoms with Gasteiger partial charge in [-0.2, -0.15) is 0 Å². The van der Waals surface area contributed by atoms with Gasteiger partial charge in [-0.25, -0.2) is 4.98 Å². The van der Waals surface area contributed by atoms with E-state index in [0.717, 1.165) is 56.4 Å². The van der Waals surface area contributed by atoms with Gasteiger partial charge in [0.25, 0.3) is 0 Å². The van der Waals surface area contributed by atoms with Crippen molar-refractivity contribution < 1.29 is 9.84 Å². The predicted molar refractivity (Wildman–Crippen MR) is 160 cm³/mol. The van der Waals surface area contributed by atoms with Gasteiger partial charge in [0.05, 0.1) is 18.9 Å². The van der Waals surface area contributed by atoms with Crippen molar-refractivity contribution in [1.29, 1.82) is 0 Å². The van der Waals surface area contributed by atoms with Crippen LogP contribution in [0.25, 0.3) is 21.7 Å². The number of aliphatic hydroxyl groups is 1. The smallest absolute Gasteiger partial charge is 0.124 e. The van der Waals surface area contributed by atoms with Crippen molar-refractivity contribution in [3.8, 4) is 27.4 Å². The molecule has 0 bridgehead atoms. The van der Waals surface area contributed by atoms with Gasteiger partial charge in [-0.3, -0.25) is 4.90 Å². The third kappa shape index (κ3) is 5.66. The van der Waals surface area contributed by atoms with E-state index in [2.05, 4.69) is 65.4 Å². The van der Waals surface area contributed by atoms with Crippen LogP contribution in [-0.2, 0) is 13.0 Å². The topological polar surface area (TPSA) is 60.9 Å². The lowest BCUT2D eigenvalue weighted by Crippen LogP contribution is -2.61. The number of nitrogens with zero attached hydrogens (tertiary/aromatic N) is 3. The molecule has 3 aliphatic rings. The van der Waals surface area contributed by atoms with Gasteiger partial charge < -0.3 is 20.1 Å². The van der Waals surface area contributed by atoms with E-state index >= 15 is 0 Å². The maximum atomic E-state index is 9.34. The van der Waals surface area contributed by atoms with E-state index in [1.807, 2.05) is 11.3 Å². The van der Waals surface area contributed by atoms with E-state index in [1.165, 1.54) is 77.4 Å². The van der Waals surface area contributed by atoms with Gasteiger partial charge in [-0.1, -0.05) is 30.3 Å². The van der Waals surface area contributed by atoms with Gasteiger partial charge in [0.1, 0.15) is 10.8 Å². The minimum absolute atomic E-state index is 0.210. The number of benzene rings is 2. The number of aromatic nitrogens is 1. The highest BCUT2D eigenvalue weighted by atomic mass is 32.1. The number of nitrogens with one attached hydrogen (secondary N) is 1.